The zero-order chi connectivity index (χ0) is 19.1. The minimum absolute atomic E-state index is 0.197. The molecule has 3 nitrogen and oxygen atoms in total. The normalized spacial score (nSPS) is 11.8. The molecule has 0 amide bonds. The van der Waals surface area contributed by atoms with E-state index in [1.165, 1.54) is 0 Å². The molecule has 27 heavy (non-hydrogen) atoms. The lowest BCUT2D eigenvalue weighted by Crippen LogP contribution is -2.27. The molecule has 2 N–H and O–H groups in total. The molecule has 0 saturated heterocycles. The van der Waals surface area contributed by atoms with E-state index in [-0.39, 0.29) is 25.0 Å². The number of esters is 1. The molecule has 0 spiro atoms. The molecule has 0 aliphatic carbocycles. The fraction of sp³-hybridized carbons (Fsp3) is 0.174. The molecular weight excluding hydrogens is 358 g/mol. The van der Waals surface area contributed by atoms with Crippen molar-refractivity contribution in [3.63, 3.8) is 0 Å². The summed E-state index contributed by atoms with van der Waals surface area (Å²) in [6.07, 6.45) is 0.819. The molecule has 138 valence electrons. The largest absolute Gasteiger partial charge is 0.461 e. The Morgan fingerprint density at radius 2 is 1.63 bits per heavy atom. The van der Waals surface area contributed by atoms with Crippen LogP contribution in [-0.2, 0) is 22.6 Å². The van der Waals surface area contributed by atoms with Crippen LogP contribution in [0.3, 0.4) is 0 Å². The molecule has 0 saturated carbocycles. The van der Waals surface area contributed by atoms with Crippen LogP contribution in [0.1, 0.15) is 17.5 Å². The lowest BCUT2D eigenvalue weighted by molar-refractivity contribution is -0.145. The number of carbonyl (C=O) groups excluding carboxylic acids is 1. The molecule has 3 aromatic carbocycles. The monoisotopic (exact) mass is 379 g/mol. The Morgan fingerprint density at radius 1 is 0.889 bits per heavy atom. The molecule has 0 fully saturated rings. The van der Waals surface area contributed by atoms with Gasteiger partial charge >= 0.3 is 5.97 Å². The number of hydrogen-bond donors (Lipinski definition) is 1. The maximum absolute atomic E-state index is 12.0. The third-order valence-electron chi connectivity index (χ3n) is 4.28. The summed E-state index contributed by atoms with van der Waals surface area (Å²) >= 11 is 6.05. The van der Waals surface area contributed by atoms with E-state index < -0.39 is 0 Å². The van der Waals surface area contributed by atoms with Crippen molar-refractivity contribution in [2.75, 3.05) is 0 Å². The fourth-order valence-electron chi connectivity index (χ4n) is 2.89. The average Bonchev–Trinajstić information content (AvgIpc) is 2.68. The van der Waals surface area contributed by atoms with Crippen LogP contribution in [-0.4, -0.2) is 12.0 Å². The average molecular weight is 380 g/mol. The van der Waals surface area contributed by atoms with Gasteiger partial charge in [-0.05, 0) is 40.8 Å². The Kier molecular flexibility index (Phi) is 6.64. The van der Waals surface area contributed by atoms with Gasteiger partial charge in [0.2, 0.25) is 0 Å². The number of hydrogen-bond acceptors (Lipinski definition) is 3. The highest BCUT2D eigenvalue weighted by Crippen LogP contribution is 2.23. The quantitative estimate of drug-likeness (QED) is 0.587. The molecule has 0 aliphatic heterocycles. The van der Waals surface area contributed by atoms with E-state index in [2.05, 4.69) is 0 Å². The van der Waals surface area contributed by atoms with Crippen LogP contribution in [0.2, 0.25) is 5.02 Å². The van der Waals surface area contributed by atoms with Crippen molar-refractivity contribution < 1.29 is 9.53 Å². The van der Waals surface area contributed by atoms with Gasteiger partial charge in [0.05, 0.1) is 6.42 Å². The van der Waals surface area contributed by atoms with Crippen molar-refractivity contribution in [1.29, 1.82) is 0 Å². The number of rotatable bonds is 7. The third kappa shape index (κ3) is 5.95. The minimum atomic E-state index is -0.276. The van der Waals surface area contributed by atoms with Gasteiger partial charge in [0, 0.05) is 11.1 Å². The number of benzene rings is 3. The fourth-order valence-corrected chi connectivity index (χ4v) is 3.08. The number of carbonyl (C=O) groups is 1. The SMILES string of the molecule is NC(CC(=O)OCc1ccccc1)Cc1ccc(-c2cccc(Cl)c2)cc1. The summed E-state index contributed by atoms with van der Waals surface area (Å²) in [5, 5.41) is 0.715. The Morgan fingerprint density at radius 3 is 2.33 bits per heavy atom. The number of nitrogens with two attached hydrogens (primary N) is 1. The van der Waals surface area contributed by atoms with Crippen LogP contribution < -0.4 is 5.73 Å². The molecule has 1 atom stereocenters. The van der Waals surface area contributed by atoms with Gasteiger partial charge in [-0.3, -0.25) is 4.79 Å². The predicted octanol–water partition coefficient (Wildman–Crippen LogP) is 5.01. The zero-order valence-electron chi connectivity index (χ0n) is 15.0. The summed E-state index contributed by atoms with van der Waals surface area (Å²) in [6.45, 7) is 0.278. The summed E-state index contributed by atoms with van der Waals surface area (Å²) in [6, 6.07) is 25.2. The minimum Gasteiger partial charge on any atom is -0.461 e. The van der Waals surface area contributed by atoms with E-state index in [9.17, 15) is 4.79 Å². The van der Waals surface area contributed by atoms with Crippen LogP contribution in [0.25, 0.3) is 11.1 Å². The van der Waals surface area contributed by atoms with Crippen LogP contribution in [0.15, 0.2) is 78.9 Å². The standard InChI is InChI=1S/C23H22ClNO2/c24-21-8-4-7-20(14-21)19-11-9-17(10-12-19)13-22(25)15-23(26)27-16-18-5-2-1-3-6-18/h1-12,14,22H,13,15-16,25H2. The molecule has 0 radical (unpaired) electrons. The Hall–Kier alpha value is -2.62. The van der Waals surface area contributed by atoms with Crippen molar-refractivity contribution in [1.82, 2.24) is 0 Å². The Balaban J connectivity index is 1.50. The van der Waals surface area contributed by atoms with Crippen molar-refractivity contribution in [2.45, 2.75) is 25.5 Å². The lowest BCUT2D eigenvalue weighted by atomic mass is 10.00. The number of halogens is 1. The van der Waals surface area contributed by atoms with E-state index in [1.54, 1.807) is 0 Å². The first-order valence-electron chi connectivity index (χ1n) is 8.90. The van der Waals surface area contributed by atoms with Crippen molar-refractivity contribution in [3.05, 3.63) is 95.0 Å². The van der Waals surface area contributed by atoms with Crippen molar-refractivity contribution in [3.8, 4) is 11.1 Å². The van der Waals surface area contributed by atoms with Crippen LogP contribution in [0.4, 0.5) is 0 Å². The van der Waals surface area contributed by atoms with Crippen molar-refractivity contribution in [2.24, 2.45) is 5.73 Å². The van der Waals surface area contributed by atoms with E-state index >= 15 is 0 Å². The molecule has 3 aromatic rings. The van der Waals surface area contributed by atoms with Crippen molar-refractivity contribution >= 4 is 17.6 Å². The Labute approximate surface area is 164 Å². The second kappa shape index (κ2) is 9.36. The molecule has 4 heteroatoms. The first kappa shape index (κ1) is 19.2. The molecular formula is C23H22ClNO2. The van der Waals surface area contributed by atoms with Gasteiger partial charge in [0.25, 0.3) is 0 Å². The smallest absolute Gasteiger partial charge is 0.307 e. The van der Waals surface area contributed by atoms with Crippen LogP contribution in [0, 0.1) is 0 Å². The highest BCUT2D eigenvalue weighted by Gasteiger charge is 2.12. The van der Waals surface area contributed by atoms with Gasteiger partial charge in [-0.1, -0.05) is 78.3 Å². The first-order valence-corrected chi connectivity index (χ1v) is 9.28. The first-order chi connectivity index (χ1) is 13.1. The third-order valence-corrected chi connectivity index (χ3v) is 4.52. The van der Waals surface area contributed by atoms with E-state index in [0.29, 0.717) is 11.4 Å². The van der Waals surface area contributed by atoms with Crippen LogP contribution in [0.5, 0.6) is 0 Å². The summed E-state index contributed by atoms with van der Waals surface area (Å²) in [4.78, 5) is 12.0. The topological polar surface area (TPSA) is 52.3 Å². The van der Waals surface area contributed by atoms with Gasteiger partial charge in [-0.25, -0.2) is 0 Å². The summed E-state index contributed by atoms with van der Waals surface area (Å²) in [7, 11) is 0. The van der Waals surface area contributed by atoms with Gasteiger partial charge in [0.1, 0.15) is 6.61 Å². The lowest BCUT2D eigenvalue weighted by Gasteiger charge is -2.12. The molecule has 0 heterocycles. The van der Waals surface area contributed by atoms with E-state index in [0.717, 1.165) is 22.3 Å². The molecule has 1 unspecified atom stereocenters. The van der Waals surface area contributed by atoms with E-state index in [1.807, 2.05) is 78.9 Å². The van der Waals surface area contributed by atoms with Crippen LogP contribution >= 0.6 is 11.6 Å². The molecule has 0 aromatic heterocycles. The second-order valence-corrected chi connectivity index (χ2v) is 6.96. The van der Waals surface area contributed by atoms with Gasteiger partial charge in [-0.2, -0.15) is 0 Å². The second-order valence-electron chi connectivity index (χ2n) is 6.52. The summed E-state index contributed by atoms with van der Waals surface area (Å²) < 4.78 is 5.29. The molecule has 0 aliphatic rings. The van der Waals surface area contributed by atoms with Gasteiger partial charge < -0.3 is 10.5 Å². The zero-order valence-corrected chi connectivity index (χ0v) is 15.7. The maximum Gasteiger partial charge on any atom is 0.307 e. The van der Waals surface area contributed by atoms with Gasteiger partial charge in [-0.15, -0.1) is 0 Å². The molecule has 3 rings (SSSR count). The van der Waals surface area contributed by atoms with E-state index in [4.69, 9.17) is 22.1 Å². The highest BCUT2D eigenvalue weighted by molar-refractivity contribution is 6.30. The Bertz CT molecular complexity index is 878. The van der Waals surface area contributed by atoms with Gasteiger partial charge in [0.15, 0.2) is 0 Å². The summed E-state index contributed by atoms with van der Waals surface area (Å²) in [5.74, 6) is -0.276. The molecule has 0 bridgehead atoms. The summed E-state index contributed by atoms with van der Waals surface area (Å²) in [5.41, 5.74) is 10.3. The predicted molar refractivity (Wildman–Crippen MR) is 109 cm³/mol. The number of ether oxygens (including phenoxy) is 1. The highest BCUT2D eigenvalue weighted by atomic mass is 35.5. The maximum atomic E-state index is 12.0.